The van der Waals surface area contributed by atoms with Gasteiger partial charge >= 0.3 is 6.09 Å². The van der Waals surface area contributed by atoms with E-state index < -0.39 is 12.2 Å². The molecule has 0 spiro atoms. The number of amides is 2. The molecule has 31 heavy (non-hydrogen) atoms. The van der Waals surface area contributed by atoms with E-state index in [1.54, 1.807) is 24.7 Å². The molecule has 2 fully saturated rings. The van der Waals surface area contributed by atoms with Gasteiger partial charge in [0.2, 0.25) is 5.91 Å². The smallest absolute Gasteiger partial charge is 0.414 e. The largest absolute Gasteiger partial charge is 0.470 e. The molecule has 3 heterocycles. The monoisotopic (exact) mass is 430 g/mol. The number of carbonyl (C=O) groups is 2. The maximum Gasteiger partial charge on any atom is 0.414 e. The minimum atomic E-state index is -0.536. The maximum atomic E-state index is 14.9. The van der Waals surface area contributed by atoms with Crippen molar-refractivity contribution >= 4 is 29.1 Å². The van der Waals surface area contributed by atoms with Crippen molar-refractivity contribution in [2.75, 3.05) is 47.9 Å². The molecule has 1 N–H and O–H groups in total. The van der Waals surface area contributed by atoms with E-state index in [1.807, 2.05) is 11.0 Å². The third kappa shape index (κ3) is 4.60. The first-order valence-electron chi connectivity index (χ1n) is 10.4. The van der Waals surface area contributed by atoms with Crippen molar-refractivity contribution in [1.82, 2.24) is 5.32 Å². The van der Waals surface area contributed by atoms with Gasteiger partial charge < -0.3 is 24.3 Å². The van der Waals surface area contributed by atoms with E-state index in [0.29, 0.717) is 17.4 Å². The first-order chi connectivity index (χ1) is 14.9. The molecule has 2 saturated heterocycles. The van der Waals surface area contributed by atoms with Crippen LogP contribution < -0.4 is 20.0 Å². The Hall–Kier alpha value is -3.23. The summed E-state index contributed by atoms with van der Waals surface area (Å²) >= 11 is 0. The van der Waals surface area contributed by atoms with Gasteiger partial charge in [-0.05, 0) is 37.1 Å². The first-order valence-corrected chi connectivity index (χ1v) is 10.4. The normalized spacial score (nSPS) is 19.5. The highest BCUT2D eigenvalue weighted by atomic mass is 19.1. The third-order valence-electron chi connectivity index (χ3n) is 5.96. The molecule has 1 atom stereocenters. The molecule has 9 heteroatoms. The second-order valence-electron chi connectivity index (χ2n) is 8.00. The highest BCUT2D eigenvalue weighted by molar-refractivity contribution is 5.90. The number of piperidine rings is 1. The maximum absolute atomic E-state index is 14.9. The van der Waals surface area contributed by atoms with Crippen molar-refractivity contribution in [3.05, 3.63) is 42.6 Å². The second-order valence-corrected chi connectivity index (χ2v) is 8.00. The minimum absolute atomic E-state index is 0.190. The fraction of sp³-hybridized carbons (Fsp3) is 0.455. The molecule has 0 radical (unpaired) electrons. The van der Waals surface area contributed by atoms with Crippen LogP contribution in [0.2, 0.25) is 0 Å². The lowest BCUT2D eigenvalue weighted by Gasteiger charge is -2.38. The Kier molecular flexibility index (Phi) is 6.01. The number of cyclic esters (lactones) is 1. The van der Waals surface area contributed by atoms with E-state index in [1.165, 1.54) is 17.9 Å². The number of anilines is 3. The molecule has 0 aliphatic carbocycles. The summed E-state index contributed by atoms with van der Waals surface area (Å²) in [6.45, 7) is 3.40. The summed E-state index contributed by atoms with van der Waals surface area (Å²) in [6, 6.07) is 7.15. The second kappa shape index (κ2) is 8.87. The van der Waals surface area contributed by atoms with Crippen molar-refractivity contribution in [2.45, 2.75) is 31.9 Å². The van der Waals surface area contributed by atoms with Crippen LogP contribution in [0.3, 0.4) is 0 Å². The van der Waals surface area contributed by atoms with Gasteiger partial charge in [0.15, 0.2) is 0 Å². The van der Waals surface area contributed by atoms with E-state index in [-0.39, 0.29) is 24.8 Å². The summed E-state index contributed by atoms with van der Waals surface area (Å²) in [6.07, 6.45) is 4.22. The Balaban J connectivity index is 1.37. The quantitative estimate of drug-likeness (QED) is 0.759. The zero-order valence-corrected chi connectivity index (χ0v) is 17.7. The van der Waals surface area contributed by atoms with E-state index >= 15 is 0 Å². The van der Waals surface area contributed by atoms with E-state index in [2.05, 4.69) is 17.3 Å². The van der Waals surface area contributed by atoms with Gasteiger partial charge in [0.05, 0.1) is 36.4 Å². The molecule has 4 rings (SSSR count). The van der Waals surface area contributed by atoms with Gasteiger partial charge in [-0.1, -0.05) is 0 Å². The fourth-order valence-electron chi connectivity index (χ4n) is 4.18. The van der Waals surface area contributed by atoms with Crippen LogP contribution in [0, 0.1) is 5.82 Å². The summed E-state index contributed by atoms with van der Waals surface area (Å²) < 4.78 is 25.4. The predicted molar refractivity (Wildman–Crippen MR) is 115 cm³/mol. The number of benzene rings is 1. The summed E-state index contributed by atoms with van der Waals surface area (Å²) in [5.74, 6) is -0.554. The molecule has 2 aliphatic rings. The van der Waals surface area contributed by atoms with Crippen molar-refractivity contribution in [1.29, 1.82) is 0 Å². The van der Waals surface area contributed by atoms with Crippen LogP contribution in [-0.4, -0.2) is 57.4 Å². The number of hydrogen-bond donors (Lipinski definition) is 1. The van der Waals surface area contributed by atoms with Crippen molar-refractivity contribution < 1.29 is 23.1 Å². The van der Waals surface area contributed by atoms with Crippen LogP contribution in [0.4, 0.5) is 26.2 Å². The van der Waals surface area contributed by atoms with Crippen LogP contribution in [-0.2, 0) is 9.53 Å². The lowest BCUT2D eigenvalue weighted by molar-refractivity contribution is -0.119. The molecule has 0 saturated carbocycles. The molecule has 8 nitrogen and oxygen atoms in total. The minimum Gasteiger partial charge on any atom is -0.470 e. The Bertz CT molecular complexity index is 928. The lowest BCUT2D eigenvalue weighted by atomic mass is 10.0. The number of carbonyl (C=O) groups excluding carboxylic acids is 2. The fourth-order valence-corrected chi connectivity index (χ4v) is 4.18. The molecule has 2 amide bonds. The van der Waals surface area contributed by atoms with Crippen LogP contribution in [0.15, 0.2) is 41.2 Å². The summed E-state index contributed by atoms with van der Waals surface area (Å²) in [5, 5.41) is 2.63. The van der Waals surface area contributed by atoms with Crippen LogP contribution in [0.25, 0.3) is 0 Å². The van der Waals surface area contributed by atoms with Gasteiger partial charge in [0.1, 0.15) is 18.2 Å². The number of hydrogen-bond acceptors (Lipinski definition) is 6. The number of nitrogens with zero attached hydrogens (tertiary/aromatic N) is 3. The highest BCUT2D eigenvalue weighted by Gasteiger charge is 2.33. The number of ether oxygens (including phenoxy) is 1. The van der Waals surface area contributed by atoms with Gasteiger partial charge in [0.25, 0.3) is 0 Å². The summed E-state index contributed by atoms with van der Waals surface area (Å²) in [7, 11) is 2.05. The Morgan fingerprint density at radius 3 is 2.71 bits per heavy atom. The van der Waals surface area contributed by atoms with Gasteiger partial charge in [-0.2, -0.15) is 0 Å². The highest BCUT2D eigenvalue weighted by Crippen LogP contribution is 2.31. The van der Waals surface area contributed by atoms with Crippen molar-refractivity contribution in [2.24, 2.45) is 0 Å². The molecule has 0 bridgehead atoms. The molecule has 2 aromatic rings. The zero-order valence-electron chi connectivity index (χ0n) is 17.7. The SMILES string of the molecule is CC(=O)NC[C@H]1CN(c2ccc(N3CCC(N(C)c4ccoc4)CC3)c(F)c2)C(=O)O1. The third-order valence-corrected chi connectivity index (χ3v) is 5.96. The average Bonchev–Trinajstić information content (AvgIpc) is 3.42. The summed E-state index contributed by atoms with van der Waals surface area (Å²) in [5.41, 5.74) is 2.03. The topological polar surface area (TPSA) is 78.3 Å². The molecule has 1 aromatic carbocycles. The molecule has 2 aliphatic heterocycles. The average molecular weight is 430 g/mol. The number of nitrogens with one attached hydrogen (secondary N) is 1. The van der Waals surface area contributed by atoms with E-state index in [9.17, 15) is 14.0 Å². The zero-order chi connectivity index (χ0) is 22.0. The Morgan fingerprint density at radius 1 is 1.29 bits per heavy atom. The van der Waals surface area contributed by atoms with Crippen LogP contribution in [0.1, 0.15) is 19.8 Å². The van der Waals surface area contributed by atoms with E-state index in [4.69, 9.17) is 9.15 Å². The number of halogens is 1. The molecule has 1 aromatic heterocycles. The number of furan rings is 1. The Morgan fingerprint density at radius 2 is 2.06 bits per heavy atom. The Labute approximate surface area is 180 Å². The summed E-state index contributed by atoms with van der Waals surface area (Å²) in [4.78, 5) is 28.9. The van der Waals surface area contributed by atoms with Gasteiger partial charge in [0, 0.05) is 33.1 Å². The lowest BCUT2D eigenvalue weighted by Crippen LogP contribution is -2.43. The molecule has 166 valence electrons. The standard InChI is InChI=1S/C22H27FN4O4/c1-15(28)24-12-19-13-27(22(29)31-19)17-3-4-21(20(23)11-17)26-8-5-16(6-9-26)25(2)18-7-10-30-14-18/h3-4,7,10-11,14,16,19H,5-6,8-9,12-13H2,1-2H3,(H,24,28)/t19-/m0/s1. The van der Waals surface area contributed by atoms with E-state index in [0.717, 1.165) is 31.6 Å². The van der Waals surface area contributed by atoms with Crippen molar-refractivity contribution in [3.8, 4) is 0 Å². The van der Waals surface area contributed by atoms with Crippen LogP contribution in [0.5, 0.6) is 0 Å². The van der Waals surface area contributed by atoms with Gasteiger partial charge in [-0.15, -0.1) is 0 Å². The molecule has 0 unspecified atom stereocenters. The van der Waals surface area contributed by atoms with Gasteiger partial charge in [-0.25, -0.2) is 9.18 Å². The molecular formula is C22H27FN4O4. The predicted octanol–water partition coefficient (Wildman–Crippen LogP) is 2.99. The molecular weight excluding hydrogens is 403 g/mol. The van der Waals surface area contributed by atoms with Crippen molar-refractivity contribution in [3.63, 3.8) is 0 Å². The van der Waals surface area contributed by atoms with Crippen LogP contribution >= 0.6 is 0 Å². The number of rotatable bonds is 6. The first kappa shape index (κ1) is 21.0. The van der Waals surface area contributed by atoms with Gasteiger partial charge in [-0.3, -0.25) is 9.69 Å².